The van der Waals surface area contributed by atoms with Crippen molar-refractivity contribution in [2.75, 3.05) is 20.1 Å². The van der Waals surface area contributed by atoms with E-state index in [1.165, 1.54) is 24.9 Å². The van der Waals surface area contributed by atoms with Crippen LogP contribution in [0.1, 0.15) is 43.2 Å². The van der Waals surface area contributed by atoms with E-state index >= 15 is 0 Å². The molecule has 0 aromatic heterocycles. The predicted molar refractivity (Wildman–Crippen MR) is 98.3 cm³/mol. The van der Waals surface area contributed by atoms with Gasteiger partial charge in [0.05, 0.1) is 25.6 Å². The number of rotatable bonds is 2. The minimum Gasteiger partial charge on any atom is -0.504 e. The van der Waals surface area contributed by atoms with Crippen molar-refractivity contribution in [2.45, 2.75) is 61.7 Å². The van der Waals surface area contributed by atoms with E-state index in [-0.39, 0.29) is 17.9 Å². The third-order valence-corrected chi connectivity index (χ3v) is 8.43. The molecule has 26 heavy (non-hydrogen) atoms. The molecule has 1 aromatic rings. The molecule has 138 valence electrons. The number of ether oxygens (including phenoxy) is 1. The summed E-state index contributed by atoms with van der Waals surface area (Å²) in [5.41, 5.74) is 2.25. The lowest BCUT2D eigenvalue weighted by molar-refractivity contribution is -0.950. The molecule has 2 heterocycles. The van der Waals surface area contributed by atoms with Crippen molar-refractivity contribution in [1.82, 2.24) is 0 Å². The summed E-state index contributed by atoms with van der Waals surface area (Å²) in [7, 11) is 2.37. The van der Waals surface area contributed by atoms with Crippen LogP contribution in [0.4, 0.5) is 0 Å². The van der Waals surface area contributed by atoms with Gasteiger partial charge in [-0.1, -0.05) is 12.6 Å². The Labute approximate surface area is 154 Å². The van der Waals surface area contributed by atoms with Gasteiger partial charge in [-0.05, 0) is 42.9 Å². The summed E-state index contributed by atoms with van der Waals surface area (Å²) in [5.74, 6) is 1.66. The van der Waals surface area contributed by atoms with Crippen molar-refractivity contribution in [2.24, 2.45) is 5.92 Å². The number of phenols is 1. The highest BCUT2D eigenvalue weighted by Crippen LogP contribution is 2.67. The minimum absolute atomic E-state index is 0.194. The average molecular weight is 354 g/mol. The van der Waals surface area contributed by atoms with Crippen LogP contribution >= 0.6 is 0 Å². The lowest BCUT2D eigenvalue weighted by Gasteiger charge is -2.65. The molecule has 3 aliphatic carbocycles. The Balaban J connectivity index is 1.60. The first-order valence-corrected chi connectivity index (χ1v) is 10.2. The second kappa shape index (κ2) is 4.48. The number of nitrogens with zero attached hydrogens (tertiary/aromatic N) is 1. The van der Waals surface area contributed by atoms with E-state index in [4.69, 9.17) is 4.74 Å². The molecule has 1 unspecified atom stereocenters. The van der Waals surface area contributed by atoms with E-state index in [1.807, 2.05) is 0 Å². The van der Waals surface area contributed by atoms with Gasteiger partial charge in [-0.2, -0.15) is 0 Å². The average Bonchev–Trinajstić information content (AvgIpc) is 3.32. The van der Waals surface area contributed by atoms with Crippen LogP contribution < -0.4 is 4.74 Å². The maximum atomic E-state index is 12.3. The monoisotopic (exact) mass is 354 g/mol. The molecule has 2 bridgehead atoms. The van der Waals surface area contributed by atoms with Gasteiger partial charge in [-0.15, -0.1) is 0 Å². The molecule has 3 fully saturated rings. The van der Waals surface area contributed by atoms with Crippen molar-refractivity contribution < 1.29 is 19.4 Å². The van der Waals surface area contributed by atoms with Crippen LogP contribution in [0.5, 0.6) is 11.5 Å². The first kappa shape index (κ1) is 15.5. The Kier molecular flexibility index (Phi) is 2.67. The summed E-state index contributed by atoms with van der Waals surface area (Å²) < 4.78 is 7.32. The Morgan fingerprint density at radius 2 is 2.12 bits per heavy atom. The van der Waals surface area contributed by atoms with E-state index in [1.54, 1.807) is 6.07 Å². The van der Waals surface area contributed by atoms with Gasteiger partial charge < -0.3 is 19.4 Å². The summed E-state index contributed by atoms with van der Waals surface area (Å²) >= 11 is 0. The summed E-state index contributed by atoms with van der Waals surface area (Å²) in [5, 5.41) is 22.7. The lowest BCUT2D eigenvalue weighted by atomic mass is 9.48. The molecule has 5 aliphatic rings. The minimum atomic E-state index is -0.771. The fourth-order valence-corrected chi connectivity index (χ4v) is 7.07. The number of piperidine rings is 1. The SMILES string of the molecule is C=C1CC[C@]2(O)[C@H]3Cc4ccc(O)c5c4[C@@]2(CC[N@@+]3(C)CC2CC2)C1O5. The van der Waals surface area contributed by atoms with Gasteiger partial charge in [0.2, 0.25) is 0 Å². The van der Waals surface area contributed by atoms with Crippen LogP contribution in [0.15, 0.2) is 24.3 Å². The first-order chi connectivity index (χ1) is 12.4. The fraction of sp³-hybridized carbons (Fsp3) is 0.636. The van der Waals surface area contributed by atoms with E-state index in [2.05, 4.69) is 19.7 Å². The Hall–Kier alpha value is -1.52. The highest BCUT2D eigenvalue weighted by atomic mass is 16.5. The summed E-state index contributed by atoms with van der Waals surface area (Å²) in [6.07, 6.45) is 5.88. The zero-order chi connectivity index (χ0) is 17.9. The quantitative estimate of drug-likeness (QED) is 0.634. The number of likely N-dealkylation sites (tertiary alicyclic amines) is 1. The molecule has 0 amide bonds. The van der Waals surface area contributed by atoms with Crippen molar-refractivity contribution >= 4 is 0 Å². The maximum Gasteiger partial charge on any atom is 0.166 e. The number of aromatic hydroxyl groups is 1. The van der Waals surface area contributed by atoms with Crippen molar-refractivity contribution in [1.29, 1.82) is 0 Å². The van der Waals surface area contributed by atoms with Crippen LogP contribution in [-0.4, -0.2) is 52.6 Å². The van der Waals surface area contributed by atoms with Gasteiger partial charge in [-0.25, -0.2) is 0 Å². The van der Waals surface area contributed by atoms with Gasteiger partial charge in [0.1, 0.15) is 17.7 Å². The van der Waals surface area contributed by atoms with Crippen LogP contribution in [0.2, 0.25) is 0 Å². The Bertz CT molecular complexity index is 846. The second-order valence-corrected chi connectivity index (χ2v) is 9.80. The number of likely N-dealkylation sites (N-methyl/N-ethyl adjacent to an activating group) is 1. The van der Waals surface area contributed by atoms with Gasteiger partial charge in [-0.3, -0.25) is 0 Å². The number of hydrogen-bond donors (Lipinski definition) is 2. The molecule has 4 heteroatoms. The molecule has 2 saturated carbocycles. The smallest absolute Gasteiger partial charge is 0.166 e. The largest absolute Gasteiger partial charge is 0.504 e. The van der Waals surface area contributed by atoms with Crippen LogP contribution in [-0.2, 0) is 11.8 Å². The highest BCUT2D eigenvalue weighted by Gasteiger charge is 2.75. The molecule has 4 nitrogen and oxygen atoms in total. The Morgan fingerprint density at radius 3 is 2.88 bits per heavy atom. The number of quaternary nitrogens is 1. The number of hydrogen-bond acceptors (Lipinski definition) is 3. The van der Waals surface area contributed by atoms with Crippen molar-refractivity contribution in [3.63, 3.8) is 0 Å². The van der Waals surface area contributed by atoms with Crippen LogP contribution in [0.3, 0.4) is 0 Å². The number of aliphatic hydroxyl groups is 1. The fourth-order valence-electron chi connectivity index (χ4n) is 7.07. The number of phenolic OH excluding ortho intramolecular Hbond substituents is 1. The van der Waals surface area contributed by atoms with E-state index in [9.17, 15) is 10.2 Å². The summed E-state index contributed by atoms with van der Waals surface area (Å²) in [4.78, 5) is 0. The van der Waals surface area contributed by atoms with Crippen LogP contribution in [0, 0.1) is 5.92 Å². The molecule has 1 saturated heterocycles. The molecule has 2 aliphatic heterocycles. The van der Waals surface area contributed by atoms with Gasteiger partial charge in [0.15, 0.2) is 11.5 Å². The molecule has 1 spiro atoms. The molecular weight excluding hydrogens is 326 g/mol. The van der Waals surface area contributed by atoms with E-state index in [0.29, 0.717) is 5.75 Å². The normalized spacial score (nSPS) is 45.2. The summed E-state index contributed by atoms with van der Waals surface area (Å²) in [6, 6.07) is 4.05. The standard InChI is InChI=1S/C22H27NO3/c1-13-7-8-22(25)17-11-15-5-6-16(24)19-18(15)21(22,20(13)26-19)9-10-23(17,2)12-14-3-4-14/h5-6,14,17,20,25H,1,3-4,7-12H2,2H3/p+1/t17-,20?,21+,22+,23+/m1/s1. The number of benzene rings is 1. The lowest BCUT2D eigenvalue weighted by Crippen LogP contribution is -2.80. The molecular formula is C22H28NO3+. The van der Waals surface area contributed by atoms with Crippen LogP contribution in [0.25, 0.3) is 0 Å². The molecule has 5 atom stereocenters. The Morgan fingerprint density at radius 1 is 1.31 bits per heavy atom. The molecule has 2 N–H and O–H groups in total. The zero-order valence-corrected chi connectivity index (χ0v) is 15.5. The highest BCUT2D eigenvalue weighted by molar-refractivity contribution is 5.63. The maximum absolute atomic E-state index is 12.3. The zero-order valence-electron chi connectivity index (χ0n) is 15.5. The van der Waals surface area contributed by atoms with E-state index < -0.39 is 11.0 Å². The van der Waals surface area contributed by atoms with Gasteiger partial charge in [0.25, 0.3) is 0 Å². The summed E-state index contributed by atoms with van der Waals surface area (Å²) in [6.45, 7) is 6.57. The second-order valence-electron chi connectivity index (χ2n) is 9.80. The molecule has 6 rings (SSSR count). The van der Waals surface area contributed by atoms with Crippen molar-refractivity contribution in [3.8, 4) is 11.5 Å². The van der Waals surface area contributed by atoms with Gasteiger partial charge in [0, 0.05) is 24.3 Å². The predicted octanol–water partition coefficient (Wildman–Crippen LogP) is 2.66. The first-order valence-electron chi connectivity index (χ1n) is 10.2. The molecule has 1 aromatic carbocycles. The third-order valence-electron chi connectivity index (χ3n) is 8.43. The molecule has 0 radical (unpaired) electrons. The topological polar surface area (TPSA) is 49.7 Å². The van der Waals surface area contributed by atoms with Gasteiger partial charge >= 0.3 is 0 Å². The van der Waals surface area contributed by atoms with Crippen molar-refractivity contribution in [3.05, 3.63) is 35.4 Å². The third kappa shape index (κ3) is 1.56. The van der Waals surface area contributed by atoms with E-state index in [0.717, 1.165) is 53.8 Å².